The van der Waals surface area contributed by atoms with E-state index in [1.165, 1.54) is 0 Å². The highest BCUT2D eigenvalue weighted by Crippen LogP contribution is 2.11. The van der Waals surface area contributed by atoms with Gasteiger partial charge in [-0.25, -0.2) is 4.79 Å². The van der Waals surface area contributed by atoms with Crippen molar-refractivity contribution in [3.8, 4) is 0 Å². The minimum absolute atomic E-state index is 0.000270. The molecular formula is C24H35N5O8. The Kier molecular flexibility index (Phi) is 12.7. The van der Waals surface area contributed by atoms with Crippen LogP contribution in [0.2, 0.25) is 0 Å². The third-order valence-corrected chi connectivity index (χ3v) is 5.73. The van der Waals surface area contributed by atoms with Gasteiger partial charge in [0.15, 0.2) is 0 Å². The largest absolute Gasteiger partial charge is 0.481 e. The number of carboxylic acid groups (broad SMARTS) is 2. The van der Waals surface area contributed by atoms with Gasteiger partial charge in [0.1, 0.15) is 18.1 Å². The number of primary amides is 1. The van der Waals surface area contributed by atoms with Crippen molar-refractivity contribution in [2.24, 2.45) is 17.4 Å². The second kappa shape index (κ2) is 15.2. The van der Waals surface area contributed by atoms with Crippen LogP contribution in [0.3, 0.4) is 0 Å². The maximum absolute atomic E-state index is 13.2. The molecule has 0 radical (unpaired) electrons. The van der Waals surface area contributed by atoms with E-state index in [9.17, 15) is 33.9 Å². The number of carbonyl (C=O) groups excluding carboxylic acids is 4. The zero-order chi connectivity index (χ0) is 28.1. The lowest BCUT2D eigenvalue weighted by atomic mass is 9.96. The zero-order valence-electron chi connectivity index (χ0n) is 20.8. The van der Waals surface area contributed by atoms with Crippen LogP contribution in [0.15, 0.2) is 30.3 Å². The second-order valence-corrected chi connectivity index (χ2v) is 8.73. The summed E-state index contributed by atoms with van der Waals surface area (Å²) >= 11 is 0. The average molecular weight is 522 g/mol. The molecule has 13 nitrogen and oxygen atoms in total. The van der Waals surface area contributed by atoms with Gasteiger partial charge in [-0.1, -0.05) is 50.6 Å². The van der Waals surface area contributed by atoms with E-state index in [-0.39, 0.29) is 19.3 Å². The third-order valence-electron chi connectivity index (χ3n) is 5.73. The van der Waals surface area contributed by atoms with Crippen molar-refractivity contribution < 1.29 is 39.0 Å². The molecule has 0 aliphatic carbocycles. The first-order valence-electron chi connectivity index (χ1n) is 11.8. The topological polar surface area (TPSA) is 231 Å². The molecule has 204 valence electrons. The van der Waals surface area contributed by atoms with Gasteiger partial charge in [0.05, 0.1) is 12.5 Å². The van der Waals surface area contributed by atoms with Gasteiger partial charge in [0.2, 0.25) is 23.6 Å². The predicted octanol–water partition coefficient (Wildman–Crippen LogP) is -1.12. The monoisotopic (exact) mass is 521 g/mol. The van der Waals surface area contributed by atoms with E-state index < -0.39 is 72.1 Å². The molecule has 9 N–H and O–H groups in total. The Morgan fingerprint density at radius 3 is 2.00 bits per heavy atom. The van der Waals surface area contributed by atoms with Gasteiger partial charge in [0.25, 0.3) is 0 Å². The molecule has 1 aromatic carbocycles. The molecule has 0 saturated heterocycles. The van der Waals surface area contributed by atoms with Gasteiger partial charge >= 0.3 is 11.9 Å². The van der Waals surface area contributed by atoms with Crippen LogP contribution in [0.25, 0.3) is 0 Å². The van der Waals surface area contributed by atoms with Crippen LogP contribution in [0.5, 0.6) is 0 Å². The molecule has 0 aromatic heterocycles. The molecule has 0 bridgehead atoms. The molecule has 37 heavy (non-hydrogen) atoms. The molecule has 0 spiro atoms. The number of benzene rings is 1. The lowest BCUT2D eigenvalue weighted by Gasteiger charge is -2.28. The molecule has 0 saturated carbocycles. The summed E-state index contributed by atoms with van der Waals surface area (Å²) in [5.74, 6) is -6.19. The fourth-order valence-electron chi connectivity index (χ4n) is 3.38. The first-order valence-corrected chi connectivity index (χ1v) is 11.8. The van der Waals surface area contributed by atoms with Crippen LogP contribution in [-0.4, -0.2) is 69.9 Å². The van der Waals surface area contributed by atoms with Crippen LogP contribution in [0.1, 0.15) is 45.1 Å². The third kappa shape index (κ3) is 11.1. The van der Waals surface area contributed by atoms with Gasteiger partial charge < -0.3 is 37.6 Å². The number of nitrogens with one attached hydrogen (secondary N) is 3. The van der Waals surface area contributed by atoms with Crippen molar-refractivity contribution in [3.63, 3.8) is 0 Å². The fourth-order valence-corrected chi connectivity index (χ4v) is 3.38. The molecule has 13 heteroatoms. The van der Waals surface area contributed by atoms with Gasteiger partial charge in [-0.3, -0.25) is 24.0 Å². The highest BCUT2D eigenvalue weighted by molar-refractivity contribution is 5.95. The summed E-state index contributed by atoms with van der Waals surface area (Å²) in [6.07, 6.45) is -0.695. The Morgan fingerprint density at radius 2 is 1.49 bits per heavy atom. The summed E-state index contributed by atoms with van der Waals surface area (Å²) in [5, 5.41) is 25.7. The van der Waals surface area contributed by atoms with Crippen molar-refractivity contribution >= 4 is 35.6 Å². The number of hydrogen-bond donors (Lipinski definition) is 7. The Balaban J connectivity index is 3.15. The van der Waals surface area contributed by atoms with E-state index in [4.69, 9.17) is 16.6 Å². The van der Waals surface area contributed by atoms with Gasteiger partial charge in [0, 0.05) is 12.8 Å². The predicted molar refractivity (Wildman–Crippen MR) is 132 cm³/mol. The van der Waals surface area contributed by atoms with Crippen molar-refractivity contribution in [3.05, 3.63) is 35.9 Å². The Bertz CT molecular complexity index is 971. The highest BCUT2D eigenvalue weighted by atomic mass is 16.4. The van der Waals surface area contributed by atoms with Crippen molar-refractivity contribution in [1.29, 1.82) is 0 Å². The maximum atomic E-state index is 13.2. The summed E-state index contributed by atoms with van der Waals surface area (Å²) in [5.41, 5.74) is 11.4. The van der Waals surface area contributed by atoms with E-state index in [1.54, 1.807) is 44.2 Å². The van der Waals surface area contributed by atoms with Gasteiger partial charge in [-0.2, -0.15) is 0 Å². The van der Waals surface area contributed by atoms with Crippen LogP contribution >= 0.6 is 0 Å². The number of carbonyl (C=O) groups is 6. The van der Waals surface area contributed by atoms with Gasteiger partial charge in [-0.15, -0.1) is 0 Å². The normalized spacial score (nSPS) is 14.8. The number of nitrogens with two attached hydrogens (primary N) is 2. The summed E-state index contributed by atoms with van der Waals surface area (Å²) in [7, 11) is 0. The Labute approximate surface area is 214 Å². The summed E-state index contributed by atoms with van der Waals surface area (Å²) in [6, 6.07) is 3.46. The fraction of sp³-hybridized carbons (Fsp3) is 0.500. The molecule has 1 aromatic rings. The lowest BCUT2D eigenvalue weighted by Crippen LogP contribution is -2.59. The number of amides is 4. The molecule has 0 aliphatic heterocycles. The summed E-state index contributed by atoms with van der Waals surface area (Å²) in [6.45, 7) is 3.46. The van der Waals surface area contributed by atoms with E-state index in [2.05, 4.69) is 16.0 Å². The van der Waals surface area contributed by atoms with Crippen LogP contribution in [-0.2, 0) is 35.2 Å². The van der Waals surface area contributed by atoms with Gasteiger partial charge in [-0.05, 0) is 17.9 Å². The Hall–Kier alpha value is -4.00. The average Bonchev–Trinajstić information content (AvgIpc) is 2.83. The molecule has 0 fully saturated rings. The number of rotatable bonds is 16. The van der Waals surface area contributed by atoms with E-state index in [1.807, 2.05) is 0 Å². The lowest BCUT2D eigenvalue weighted by molar-refractivity contribution is -0.142. The molecule has 0 aliphatic rings. The van der Waals surface area contributed by atoms with Crippen LogP contribution in [0, 0.1) is 5.92 Å². The summed E-state index contributed by atoms with van der Waals surface area (Å²) in [4.78, 5) is 72.3. The first kappa shape index (κ1) is 31.0. The quantitative estimate of drug-likeness (QED) is 0.139. The van der Waals surface area contributed by atoms with Crippen molar-refractivity contribution in [2.75, 3.05) is 0 Å². The van der Waals surface area contributed by atoms with Crippen LogP contribution in [0.4, 0.5) is 0 Å². The molecule has 4 amide bonds. The zero-order valence-corrected chi connectivity index (χ0v) is 20.8. The molecular weight excluding hydrogens is 486 g/mol. The van der Waals surface area contributed by atoms with E-state index in [0.717, 1.165) is 0 Å². The van der Waals surface area contributed by atoms with E-state index in [0.29, 0.717) is 12.0 Å². The smallest absolute Gasteiger partial charge is 0.326 e. The summed E-state index contributed by atoms with van der Waals surface area (Å²) < 4.78 is 0. The number of carboxylic acids is 2. The van der Waals surface area contributed by atoms with Crippen molar-refractivity contribution in [1.82, 2.24) is 16.0 Å². The molecule has 5 atom stereocenters. The first-order chi connectivity index (χ1) is 17.3. The molecule has 5 unspecified atom stereocenters. The second-order valence-electron chi connectivity index (χ2n) is 8.73. The highest BCUT2D eigenvalue weighted by Gasteiger charge is 2.33. The van der Waals surface area contributed by atoms with E-state index >= 15 is 0 Å². The standard InChI is InChI=1S/C24H35N5O8/c1-3-13(2)20(29-21(33)15(25)12-19(31)32)23(35)28-17(11-14-7-5-4-6-8-14)22(34)27-16(24(36)37)9-10-18(26)30/h4-8,13,15-17,20H,3,9-12,25H2,1-2H3,(H2,26,30)(H,27,34)(H,28,35)(H,29,33)(H,31,32)(H,36,37). The molecule has 1 rings (SSSR count). The number of hydrogen-bond acceptors (Lipinski definition) is 7. The number of aliphatic carboxylic acids is 2. The molecule has 0 heterocycles. The SMILES string of the molecule is CCC(C)C(NC(=O)C(N)CC(=O)O)C(=O)NC(Cc1ccccc1)C(=O)NC(CCC(N)=O)C(=O)O. The minimum atomic E-state index is -1.42. The van der Waals surface area contributed by atoms with Crippen LogP contribution < -0.4 is 27.4 Å². The Morgan fingerprint density at radius 1 is 0.892 bits per heavy atom. The maximum Gasteiger partial charge on any atom is 0.326 e. The minimum Gasteiger partial charge on any atom is -0.481 e. The van der Waals surface area contributed by atoms with Crippen molar-refractivity contribution in [2.45, 2.75) is 70.1 Å².